The van der Waals surface area contributed by atoms with Gasteiger partial charge in [0.05, 0.1) is 0 Å². The van der Waals surface area contributed by atoms with E-state index in [1.165, 1.54) is 6.07 Å². The Kier molecular flexibility index (Phi) is 6.84. The lowest BCUT2D eigenvalue weighted by molar-refractivity contribution is -0.138. The van der Waals surface area contributed by atoms with Crippen LogP contribution in [-0.4, -0.2) is 91.5 Å². The minimum Gasteiger partial charge on any atom is -0.341 e. The number of rotatable bonds is 5. The second-order valence-corrected chi connectivity index (χ2v) is 7.91. The zero-order chi connectivity index (χ0) is 19.4. The second-order valence-electron chi connectivity index (χ2n) is 7.91. The molecule has 0 aliphatic carbocycles. The summed E-state index contributed by atoms with van der Waals surface area (Å²) in [5.41, 5.74) is 0.463. The van der Waals surface area contributed by atoms with E-state index < -0.39 is 6.04 Å². The highest BCUT2D eigenvalue weighted by atomic mass is 19.1. The van der Waals surface area contributed by atoms with Gasteiger partial charge in [0.2, 0.25) is 5.91 Å². The molecule has 0 saturated carbocycles. The predicted molar refractivity (Wildman–Crippen MR) is 106 cm³/mol. The summed E-state index contributed by atoms with van der Waals surface area (Å²) in [6.45, 7) is 9.41. The summed E-state index contributed by atoms with van der Waals surface area (Å²) in [6.07, 6.45) is 2.02. The largest absolute Gasteiger partial charge is 0.341 e. The van der Waals surface area contributed by atoms with E-state index in [1.54, 1.807) is 18.2 Å². The quantitative estimate of drug-likeness (QED) is 0.787. The van der Waals surface area contributed by atoms with Crippen molar-refractivity contribution in [2.75, 3.05) is 59.9 Å². The summed E-state index contributed by atoms with van der Waals surface area (Å²) in [6, 6.07) is 6.62. The first-order valence-corrected chi connectivity index (χ1v) is 10.2. The van der Waals surface area contributed by atoms with Gasteiger partial charge in [-0.1, -0.05) is 25.1 Å². The molecular weight excluding hydrogens is 343 g/mol. The maximum atomic E-state index is 14.3. The van der Waals surface area contributed by atoms with Crippen molar-refractivity contribution in [2.24, 2.45) is 0 Å². The number of piperazine rings is 1. The number of hydrogen-bond acceptors (Lipinski definition) is 4. The predicted octanol–water partition coefficient (Wildman–Crippen LogP) is 2.06. The van der Waals surface area contributed by atoms with Crippen LogP contribution in [0.5, 0.6) is 0 Å². The third kappa shape index (κ3) is 4.68. The number of benzene rings is 1. The monoisotopic (exact) mass is 376 g/mol. The number of hydrogen-bond donors (Lipinski definition) is 0. The Labute approximate surface area is 162 Å². The molecule has 27 heavy (non-hydrogen) atoms. The summed E-state index contributed by atoms with van der Waals surface area (Å²) in [7, 11) is 3.68. The molecule has 1 amide bonds. The van der Waals surface area contributed by atoms with E-state index in [2.05, 4.69) is 16.7 Å². The SMILES string of the molecule is CCN1CCN(C2CCN(C(=O)[C@H](c3ccccc3F)N(C)C)CC2)CC1. The van der Waals surface area contributed by atoms with Crippen LogP contribution in [0.1, 0.15) is 31.4 Å². The molecule has 2 aliphatic rings. The van der Waals surface area contributed by atoms with Gasteiger partial charge in [0.25, 0.3) is 0 Å². The van der Waals surface area contributed by atoms with Crippen molar-refractivity contribution in [3.05, 3.63) is 35.6 Å². The molecule has 150 valence electrons. The van der Waals surface area contributed by atoms with Crippen LogP contribution in [-0.2, 0) is 4.79 Å². The minimum atomic E-state index is -0.559. The van der Waals surface area contributed by atoms with Crippen molar-refractivity contribution < 1.29 is 9.18 Å². The van der Waals surface area contributed by atoms with E-state index in [4.69, 9.17) is 0 Å². The third-order valence-corrected chi connectivity index (χ3v) is 6.10. The first kappa shape index (κ1) is 20.2. The van der Waals surface area contributed by atoms with Gasteiger partial charge in [-0.15, -0.1) is 0 Å². The molecule has 2 aliphatic heterocycles. The van der Waals surface area contributed by atoms with Gasteiger partial charge in [0.1, 0.15) is 11.9 Å². The number of nitrogens with zero attached hydrogens (tertiary/aromatic N) is 4. The van der Waals surface area contributed by atoms with Crippen molar-refractivity contribution in [3.63, 3.8) is 0 Å². The van der Waals surface area contributed by atoms with E-state index in [1.807, 2.05) is 23.9 Å². The normalized spacial score (nSPS) is 21.6. The van der Waals surface area contributed by atoms with Crippen LogP contribution in [0.3, 0.4) is 0 Å². The Morgan fingerprint density at radius 1 is 1.11 bits per heavy atom. The van der Waals surface area contributed by atoms with Crippen LogP contribution < -0.4 is 0 Å². The Bertz CT molecular complexity index is 622. The van der Waals surface area contributed by atoms with Crippen LogP contribution in [0, 0.1) is 5.82 Å². The average molecular weight is 377 g/mol. The highest BCUT2D eigenvalue weighted by Crippen LogP contribution is 2.26. The maximum Gasteiger partial charge on any atom is 0.244 e. The smallest absolute Gasteiger partial charge is 0.244 e. The Morgan fingerprint density at radius 2 is 1.74 bits per heavy atom. The van der Waals surface area contributed by atoms with Crippen molar-refractivity contribution >= 4 is 5.91 Å². The first-order valence-electron chi connectivity index (χ1n) is 10.2. The number of carbonyl (C=O) groups excluding carboxylic acids is 1. The molecule has 2 heterocycles. The van der Waals surface area contributed by atoms with E-state index in [-0.39, 0.29) is 11.7 Å². The number of piperidine rings is 1. The molecule has 2 fully saturated rings. The van der Waals surface area contributed by atoms with Gasteiger partial charge in [0, 0.05) is 50.9 Å². The van der Waals surface area contributed by atoms with E-state index >= 15 is 0 Å². The highest BCUT2D eigenvalue weighted by Gasteiger charge is 2.34. The molecule has 0 unspecified atom stereocenters. The molecule has 0 radical (unpaired) electrons. The lowest BCUT2D eigenvalue weighted by Gasteiger charge is -2.43. The molecule has 0 spiro atoms. The summed E-state index contributed by atoms with van der Waals surface area (Å²) < 4.78 is 14.3. The van der Waals surface area contributed by atoms with Crippen molar-refractivity contribution in [1.82, 2.24) is 19.6 Å². The number of carbonyl (C=O) groups is 1. The Morgan fingerprint density at radius 3 is 2.30 bits per heavy atom. The van der Waals surface area contributed by atoms with Crippen LogP contribution in [0.15, 0.2) is 24.3 Å². The van der Waals surface area contributed by atoms with Gasteiger partial charge in [-0.05, 0) is 39.5 Å². The Balaban J connectivity index is 1.59. The molecular formula is C21H33FN4O. The molecule has 5 nitrogen and oxygen atoms in total. The van der Waals surface area contributed by atoms with Gasteiger partial charge in [-0.25, -0.2) is 4.39 Å². The van der Waals surface area contributed by atoms with E-state index in [0.717, 1.165) is 58.7 Å². The standard InChI is InChI=1S/C21H33FN4O/c1-4-24-13-15-25(16-14-24)17-9-11-26(12-10-17)21(27)20(23(2)3)18-7-5-6-8-19(18)22/h5-8,17,20H,4,9-16H2,1-3H3/t20-/m0/s1. The lowest BCUT2D eigenvalue weighted by atomic mass is 9.99. The molecule has 1 aromatic carbocycles. The molecule has 1 aromatic rings. The Hall–Kier alpha value is -1.50. The molecule has 0 aromatic heterocycles. The summed E-state index contributed by atoms with van der Waals surface area (Å²) in [5, 5.41) is 0. The summed E-state index contributed by atoms with van der Waals surface area (Å²) in [4.78, 5) is 22.0. The fraction of sp³-hybridized carbons (Fsp3) is 0.667. The molecule has 6 heteroatoms. The highest BCUT2D eigenvalue weighted by molar-refractivity contribution is 5.83. The van der Waals surface area contributed by atoms with Crippen LogP contribution in [0.4, 0.5) is 4.39 Å². The van der Waals surface area contributed by atoms with Gasteiger partial charge >= 0.3 is 0 Å². The third-order valence-electron chi connectivity index (χ3n) is 6.10. The molecule has 0 bridgehead atoms. The minimum absolute atomic E-state index is 0.0133. The zero-order valence-electron chi connectivity index (χ0n) is 16.9. The molecule has 2 saturated heterocycles. The number of amides is 1. The van der Waals surface area contributed by atoms with Gasteiger partial charge in [-0.3, -0.25) is 14.6 Å². The topological polar surface area (TPSA) is 30.0 Å². The summed E-state index contributed by atoms with van der Waals surface area (Å²) in [5.74, 6) is -0.299. The van der Waals surface area contributed by atoms with Gasteiger partial charge in [-0.2, -0.15) is 0 Å². The number of halogens is 1. The van der Waals surface area contributed by atoms with Crippen LogP contribution >= 0.6 is 0 Å². The van der Waals surface area contributed by atoms with Gasteiger partial charge in [0.15, 0.2) is 0 Å². The lowest BCUT2D eigenvalue weighted by Crippen LogP contribution is -2.54. The maximum absolute atomic E-state index is 14.3. The zero-order valence-corrected chi connectivity index (χ0v) is 16.9. The average Bonchev–Trinajstić information content (AvgIpc) is 2.69. The second kappa shape index (κ2) is 9.13. The van der Waals surface area contributed by atoms with Crippen molar-refractivity contribution in [2.45, 2.75) is 31.8 Å². The fourth-order valence-corrected chi connectivity index (χ4v) is 4.40. The summed E-state index contributed by atoms with van der Waals surface area (Å²) >= 11 is 0. The molecule has 0 N–H and O–H groups in total. The van der Waals surface area contributed by atoms with Crippen molar-refractivity contribution in [1.29, 1.82) is 0 Å². The van der Waals surface area contributed by atoms with Crippen LogP contribution in [0.2, 0.25) is 0 Å². The van der Waals surface area contributed by atoms with Crippen LogP contribution in [0.25, 0.3) is 0 Å². The van der Waals surface area contributed by atoms with E-state index in [0.29, 0.717) is 11.6 Å². The molecule has 3 rings (SSSR count). The fourth-order valence-electron chi connectivity index (χ4n) is 4.40. The first-order chi connectivity index (χ1) is 13.0. The number of likely N-dealkylation sites (tertiary alicyclic amines) is 1. The van der Waals surface area contributed by atoms with Crippen molar-refractivity contribution in [3.8, 4) is 0 Å². The molecule has 1 atom stereocenters. The van der Waals surface area contributed by atoms with Gasteiger partial charge < -0.3 is 9.80 Å². The number of likely N-dealkylation sites (N-methyl/N-ethyl adjacent to an activating group) is 2. The van der Waals surface area contributed by atoms with E-state index in [9.17, 15) is 9.18 Å².